The summed E-state index contributed by atoms with van der Waals surface area (Å²) in [5.41, 5.74) is 0.193. The van der Waals surface area contributed by atoms with E-state index in [2.05, 4.69) is 20.7 Å². The van der Waals surface area contributed by atoms with Crippen molar-refractivity contribution in [2.75, 3.05) is 4.72 Å². The molecule has 2 aromatic rings. The van der Waals surface area contributed by atoms with Crippen molar-refractivity contribution in [1.29, 1.82) is 0 Å². The molecular formula is C11H8BrCl2NO3S2. The lowest BCUT2D eigenvalue weighted by atomic mass is 10.3. The van der Waals surface area contributed by atoms with E-state index in [-0.39, 0.29) is 26.5 Å². The average Bonchev–Trinajstić information content (AvgIpc) is 2.89. The molecule has 9 heteroatoms. The maximum atomic E-state index is 12.2. The molecule has 0 saturated carbocycles. The molecule has 0 unspecified atom stereocenters. The Morgan fingerprint density at radius 2 is 1.90 bits per heavy atom. The minimum Gasteiger partial charge on any atom is -0.391 e. The monoisotopic (exact) mass is 415 g/mol. The highest BCUT2D eigenvalue weighted by Gasteiger charge is 2.19. The Balaban J connectivity index is 2.36. The van der Waals surface area contributed by atoms with Crippen LogP contribution in [0.5, 0.6) is 0 Å². The molecule has 1 aromatic carbocycles. The number of benzene rings is 1. The lowest BCUT2D eigenvalue weighted by Gasteiger charge is -2.10. The van der Waals surface area contributed by atoms with Crippen LogP contribution < -0.4 is 4.72 Å². The maximum absolute atomic E-state index is 12.2. The van der Waals surface area contributed by atoms with Crippen LogP contribution in [0.15, 0.2) is 32.9 Å². The summed E-state index contributed by atoms with van der Waals surface area (Å²) in [6, 6.07) is 6.08. The van der Waals surface area contributed by atoms with Crippen molar-refractivity contribution in [3.8, 4) is 0 Å². The van der Waals surface area contributed by atoms with Crippen molar-refractivity contribution in [2.24, 2.45) is 0 Å². The van der Waals surface area contributed by atoms with E-state index in [9.17, 15) is 8.42 Å². The molecule has 0 atom stereocenters. The molecule has 4 nitrogen and oxygen atoms in total. The van der Waals surface area contributed by atoms with Gasteiger partial charge in [-0.15, -0.1) is 11.3 Å². The van der Waals surface area contributed by atoms with E-state index < -0.39 is 10.0 Å². The molecule has 0 saturated heterocycles. The summed E-state index contributed by atoms with van der Waals surface area (Å²) in [7, 11) is -3.76. The number of halogens is 3. The van der Waals surface area contributed by atoms with Crippen molar-refractivity contribution in [1.82, 2.24) is 0 Å². The predicted molar refractivity (Wildman–Crippen MR) is 85.2 cm³/mol. The number of rotatable bonds is 4. The SMILES string of the molecule is O=S(=O)(Nc1ccc(Br)c(Cl)c1Cl)c1ccc(CO)s1. The van der Waals surface area contributed by atoms with Gasteiger partial charge in [0.25, 0.3) is 10.0 Å². The third-order valence-corrected chi connectivity index (χ3v) is 7.04. The molecule has 0 aliphatic rings. The van der Waals surface area contributed by atoms with Gasteiger partial charge in [0.05, 0.1) is 22.3 Å². The molecule has 1 heterocycles. The molecule has 108 valence electrons. The van der Waals surface area contributed by atoms with Crippen molar-refractivity contribution < 1.29 is 13.5 Å². The first kappa shape index (κ1) is 16.1. The summed E-state index contributed by atoms with van der Waals surface area (Å²) < 4.78 is 27.4. The Kier molecular flexibility index (Phi) is 4.99. The maximum Gasteiger partial charge on any atom is 0.271 e. The van der Waals surface area contributed by atoms with Gasteiger partial charge >= 0.3 is 0 Å². The second-order valence-electron chi connectivity index (χ2n) is 3.71. The van der Waals surface area contributed by atoms with Crippen LogP contribution in [0.4, 0.5) is 5.69 Å². The first-order valence-corrected chi connectivity index (χ1v) is 9.06. The smallest absolute Gasteiger partial charge is 0.271 e. The summed E-state index contributed by atoms with van der Waals surface area (Å²) >= 11 is 16.1. The van der Waals surface area contributed by atoms with Gasteiger partial charge in [-0.2, -0.15) is 0 Å². The Bertz CT molecular complexity index is 746. The Morgan fingerprint density at radius 1 is 1.20 bits per heavy atom. The fourth-order valence-electron chi connectivity index (χ4n) is 1.39. The zero-order chi connectivity index (χ0) is 14.9. The van der Waals surface area contributed by atoms with Crippen LogP contribution in [0.25, 0.3) is 0 Å². The van der Waals surface area contributed by atoms with Crippen LogP contribution in [0.1, 0.15) is 4.88 Å². The summed E-state index contributed by atoms with van der Waals surface area (Å²) in [5.74, 6) is 0. The number of thiophene rings is 1. The normalized spacial score (nSPS) is 11.6. The number of nitrogens with one attached hydrogen (secondary N) is 1. The minimum atomic E-state index is -3.76. The van der Waals surface area contributed by atoms with Gasteiger partial charge in [0.15, 0.2) is 0 Å². The zero-order valence-electron chi connectivity index (χ0n) is 9.73. The third-order valence-electron chi connectivity index (χ3n) is 2.34. The molecule has 0 radical (unpaired) electrons. The largest absolute Gasteiger partial charge is 0.391 e. The number of aliphatic hydroxyl groups is 1. The molecule has 0 amide bonds. The fraction of sp³-hybridized carbons (Fsp3) is 0.0909. The molecule has 0 spiro atoms. The lowest BCUT2D eigenvalue weighted by Crippen LogP contribution is -2.11. The molecule has 20 heavy (non-hydrogen) atoms. The highest BCUT2D eigenvalue weighted by molar-refractivity contribution is 9.10. The Labute approximate surface area is 138 Å². The van der Waals surface area contributed by atoms with Crippen LogP contribution in [-0.4, -0.2) is 13.5 Å². The lowest BCUT2D eigenvalue weighted by molar-refractivity contribution is 0.285. The highest BCUT2D eigenvalue weighted by Crippen LogP contribution is 2.37. The minimum absolute atomic E-state index is 0.0941. The van der Waals surface area contributed by atoms with Gasteiger partial charge in [0.2, 0.25) is 0 Å². The van der Waals surface area contributed by atoms with Crippen molar-refractivity contribution >= 4 is 66.2 Å². The molecule has 2 N–H and O–H groups in total. The van der Waals surface area contributed by atoms with Gasteiger partial charge in [-0.3, -0.25) is 4.72 Å². The standard InChI is InChI=1S/C11H8BrCl2NO3S2/c12-7-2-3-8(11(14)10(7)13)15-20(17,18)9-4-1-6(5-16)19-9/h1-4,15-16H,5H2. The van der Waals surface area contributed by atoms with Gasteiger partial charge < -0.3 is 5.11 Å². The van der Waals surface area contributed by atoms with Crippen LogP contribution in [-0.2, 0) is 16.6 Å². The number of hydrogen-bond donors (Lipinski definition) is 2. The highest BCUT2D eigenvalue weighted by atomic mass is 79.9. The number of aliphatic hydroxyl groups excluding tert-OH is 1. The van der Waals surface area contributed by atoms with E-state index in [1.807, 2.05) is 0 Å². The van der Waals surface area contributed by atoms with Gasteiger partial charge in [0, 0.05) is 9.35 Å². The van der Waals surface area contributed by atoms with Crippen molar-refractivity contribution in [2.45, 2.75) is 10.8 Å². The van der Waals surface area contributed by atoms with E-state index in [4.69, 9.17) is 28.3 Å². The van der Waals surface area contributed by atoms with Crippen molar-refractivity contribution in [3.05, 3.63) is 43.7 Å². The summed E-state index contributed by atoms with van der Waals surface area (Å²) in [5, 5.41) is 9.31. The average molecular weight is 417 g/mol. The summed E-state index contributed by atoms with van der Waals surface area (Å²) in [6.45, 7) is -0.203. The Morgan fingerprint density at radius 3 is 2.50 bits per heavy atom. The van der Waals surface area contributed by atoms with Crippen molar-refractivity contribution in [3.63, 3.8) is 0 Å². The van der Waals surface area contributed by atoms with E-state index in [0.29, 0.717) is 9.35 Å². The van der Waals surface area contributed by atoms with Gasteiger partial charge in [-0.25, -0.2) is 8.42 Å². The van der Waals surface area contributed by atoms with Crippen LogP contribution in [0.2, 0.25) is 10.0 Å². The quantitative estimate of drug-likeness (QED) is 0.737. The van der Waals surface area contributed by atoms with Gasteiger partial charge in [0.1, 0.15) is 4.21 Å². The molecule has 1 aromatic heterocycles. The van der Waals surface area contributed by atoms with E-state index >= 15 is 0 Å². The first-order chi connectivity index (χ1) is 9.35. The van der Waals surface area contributed by atoms with Gasteiger partial charge in [-0.1, -0.05) is 23.2 Å². The molecule has 0 bridgehead atoms. The predicted octanol–water partition coefficient (Wildman–Crippen LogP) is 4.11. The zero-order valence-corrected chi connectivity index (χ0v) is 14.5. The second kappa shape index (κ2) is 6.21. The first-order valence-electron chi connectivity index (χ1n) is 5.21. The van der Waals surface area contributed by atoms with Crippen LogP contribution in [0.3, 0.4) is 0 Å². The Hall–Kier alpha value is -0.310. The third kappa shape index (κ3) is 3.29. The number of hydrogen-bond acceptors (Lipinski definition) is 4. The fourth-order valence-corrected chi connectivity index (χ4v) is 4.55. The molecular weight excluding hydrogens is 409 g/mol. The van der Waals surface area contributed by atoms with Crippen LogP contribution in [0, 0.1) is 0 Å². The van der Waals surface area contributed by atoms with Gasteiger partial charge in [-0.05, 0) is 40.2 Å². The number of anilines is 1. The van der Waals surface area contributed by atoms with E-state index in [1.165, 1.54) is 12.1 Å². The second-order valence-corrected chi connectivity index (χ2v) is 8.40. The molecule has 0 aliphatic heterocycles. The van der Waals surface area contributed by atoms with E-state index in [0.717, 1.165) is 11.3 Å². The summed E-state index contributed by atoms with van der Waals surface area (Å²) in [6.07, 6.45) is 0. The van der Waals surface area contributed by atoms with Crippen LogP contribution >= 0.6 is 50.5 Å². The molecule has 0 fully saturated rings. The number of sulfonamides is 1. The molecule has 2 rings (SSSR count). The summed E-state index contributed by atoms with van der Waals surface area (Å²) in [4.78, 5) is 0.560. The topological polar surface area (TPSA) is 66.4 Å². The molecule has 0 aliphatic carbocycles. The van der Waals surface area contributed by atoms with E-state index in [1.54, 1.807) is 12.1 Å².